The van der Waals surface area contributed by atoms with Gasteiger partial charge in [0.15, 0.2) is 0 Å². The van der Waals surface area contributed by atoms with Gasteiger partial charge in [-0.25, -0.2) is 0 Å². The van der Waals surface area contributed by atoms with E-state index in [1.165, 1.54) is 11.1 Å². The minimum absolute atomic E-state index is 0.0161. The summed E-state index contributed by atoms with van der Waals surface area (Å²) in [6, 6.07) is 11.9. The van der Waals surface area contributed by atoms with Crippen LogP contribution in [0.15, 0.2) is 36.4 Å². The molecule has 0 aromatic heterocycles. The molecule has 2 rings (SSSR count). The smallest absolute Gasteiger partial charge is 0.0676 e. The van der Waals surface area contributed by atoms with E-state index in [4.69, 9.17) is 28.9 Å². The lowest BCUT2D eigenvalue weighted by Gasteiger charge is -2.31. The maximum atomic E-state index is 6.33. The first-order valence-corrected chi connectivity index (χ1v) is 7.64. The van der Waals surface area contributed by atoms with Crippen LogP contribution in [-0.2, 0) is 0 Å². The number of likely N-dealkylation sites (N-methyl/N-ethyl adjacent to an activating group) is 1. The van der Waals surface area contributed by atoms with Crippen LogP contribution in [0.5, 0.6) is 0 Å². The van der Waals surface area contributed by atoms with Gasteiger partial charge in [0.05, 0.1) is 6.04 Å². The van der Waals surface area contributed by atoms with Gasteiger partial charge in [-0.1, -0.05) is 40.9 Å². The van der Waals surface area contributed by atoms with Crippen molar-refractivity contribution in [2.75, 3.05) is 18.5 Å². The number of aryl methyl sites for hydroxylation is 2. The van der Waals surface area contributed by atoms with Gasteiger partial charge in [0.25, 0.3) is 0 Å². The van der Waals surface area contributed by atoms with Crippen molar-refractivity contribution in [2.45, 2.75) is 19.9 Å². The molecule has 2 aromatic carbocycles. The summed E-state index contributed by atoms with van der Waals surface area (Å²) in [6.07, 6.45) is 0. The van der Waals surface area contributed by atoms with Crippen molar-refractivity contribution in [3.63, 3.8) is 0 Å². The van der Waals surface area contributed by atoms with Crippen molar-refractivity contribution in [2.24, 2.45) is 5.73 Å². The summed E-state index contributed by atoms with van der Waals surface area (Å²) in [5.41, 5.74) is 10.6. The highest BCUT2D eigenvalue weighted by molar-refractivity contribution is 6.33. The standard InChI is InChI=1S/C17H20Cl2N2/c1-11-4-7-16(12(2)8-11)21(3)17(10-20)14-9-13(18)5-6-15(14)19/h4-9,17H,10,20H2,1-3H3. The fourth-order valence-corrected chi connectivity index (χ4v) is 3.06. The van der Waals surface area contributed by atoms with Gasteiger partial charge in [-0.05, 0) is 49.2 Å². The van der Waals surface area contributed by atoms with Crippen LogP contribution in [0, 0.1) is 13.8 Å². The molecular weight excluding hydrogens is 303 g/mol. The predicted molar refractivity (Wildman–Crippen MR) is 92.6 cm³/mol. The lowest BCUT2D eigenvalue weighted by Crippen LogP contribution is -2.31. The van der Waals surface area contributed by atoms with Crippen LogP contribution in [0.3, 0.4) is 0 Å². The van der Waals surface area contributed by atoms with Crippen LogP contribution >= 0.6 is 23.2 Å². The van der Waals surface area contributed by atoms with Crippen LogP contribution in [0.25, 0.3) is 0 Å². The number of hydrogen-bond acceptors (Lipinski definition) is 2. The van der Waals surface area contributed by atoms with Gasteiger partial charge < -0.3 is 10.6 Å². The Morgan fingerprint density at radius 2 is 1.81 bits per heavy atom. The molecule has 0 spiro atoms. The van der Waals surface area contributed by atoms with Crippen molar-refractivity contribution in [3.05, 3.63) is 63.1 Å². The molecule has 0 saturated heterocycles. The van der Waals surface area contributed by atoms with E-state index in [2.05, 4.69) is 36.9 Å². The van der Waals surface area contributed by atoms with Crippen LogP contribution in [0.4, 0.5) is 5.69 Å². The summed E-state index contributed by atoms with van der Waals surface area (Å²) in [6.45, 7) is 4.65. The first-order valence-electron chi connectivity index (χ1n) is 6.89. The molecule has 0 saturated carbocycles. The third kappa shape index (κ3) is 3.52. The van der Waals surface area contributed by atoms with Gasteiger partial charge in [-0.3, -0.25) is 0 Å². The molecule has 4 heteroatoms. The van der Waals surface area contributed by atoms with Gasteiger partial charge in [0.1, 0.15) is 0 Å². The van der Waals surface area contributed by atoms with E-state index in [9.17, 15) is 0 Å². The summed E-state index contributed by atoms with van der Waals surface area (Å²) >= 11 is 12.4. The van der Waals surface area contributed by atoms with E-state index < -0.39 is 0 Å². The Morgan fingerprint density at radius 3 is 2.43 bits per heavy atom. The highest BCUT2D eigenvalue weighted by Gasteiger charge is 2.20. The maximum absolute atomic E-state index is 6.33. The molecule has 2 N–H and O–H groups in total. The van der Waals surface area contributed by atoms with Crippen LogP contribution in [0.1, 0.15) is 22.7 Å². The number of rotatable bonds is 4. The zero-order valence-electron chi connectivity index (χ0n) is 12.5. The average molecular weight is 323 g/mol. The Bertz CT molecular complexity index is 641. The Balaban J connectivity index is 2.43. The molecule has 112 valence electrons. The van der Waals surface area contributed by atoms with E-state index >= 15 is 0 Å². The number of benzene rings is 2. The molecular formula is C17H20Cl2N2. The Morgan fingerprint density at radius 1 is 1.10 bits per heavy atom. The topological polar surface area (TPSA) is 29.3 Å². The van der Waals surface area contributed by atoms with Gasteiger partial charge >= 0.3 is 0 Å². The minimum atomic E-state index is -0.0161. The van der Waals surface area contributed by atoms with Crippen molar-refractivity contribution in [1.82, 2.24) is 0 Å². The fourth-order valence-electron chi connectivity index (χ4n) is 2.63. The van der Waals surface area contributed by atoms with E-state index in [0.29, 0.717) is 16.6 Å². The van der Waals surface area contributed by atoms with Crippen LogP contribution in [-0.4, -0.2) is 13.6 Å². The number of hydrogen-bond donors (Lipinski definition) is 1. The zero-order chi connectivity index (χ0) is 15.6. The second-order valence-corrected chi connectivity index (χ2v) is 6.16. The summed E-state index contributed by atoms with van der Waals surface area (Å²) in [5, 5.41) is 1.35. The number of anilines is 1. The van der Waals surface area contributed by atoms with Gasteiger partial charge in [0.2, 0.25) is 0 Å². The molecule has 0 heterocycles. The van der Waals surface area contributed by atoms with Crippen molar-refractivity contribution in [3.8, 4) is 0 Å². The summed E-state index contributed by atoms with van der Waals surface area (Å²) in [4.78, 5) is 2.16. The van der Waals surface area contributed by atoms with Crippen molar-refractivity contribution >= 4 is 28.9 Å². The Labute approximate surface area is 136 Å². The van der Waals surface area contributed by atoms with Gasteiger partial charge in [-0.15, -0.1) is 0 Å². The highest BCUT2D eigenvalue weighted by Crippen LogP contribution is 2.33. The average Bonchev–Trinajstić information content (AvgIpc) is 2.43. The van der Waals surface area contributed by atoms with Crippen molar-refractivity contribution in [1.29, 1.82) is 0 Å². The lowest BCUT2D eigenvalue weighted by atomic mass is 10.0. The molecule has 1 atom stereocenters. The molecule has 0 amide bonds. The molecule has 0 fully saturated rings. The first kappa shape index (κ1) is 16.2. The second kappa shape index (κ2) is 6.69. The summed E-state index contributed by atoms with van der Waals surface area (Å²) in [5.74, 6) is 0. The molecule has 2 nitrogen and oxygen atoms in total. The molecule has 0 aliphatic heterocycles. The van der Waals surface area contributed by atoms with Gasteiger partial charge in [-0.2, -0.15) is 0 Å². The fraction of sp³-hybridized carbons (Fsp3) is 0.294. The molecule has 0 aliphatic rings. The Kier molecular flexibility index (Phi) is 5.15. The quantitative estimate of drug-likeness (QED) is 0.880. The zero-order valence-corrected chi connectivity index (χ0v) is 14.0. The highest BCUT2D eigenvalue weighted by atomic mass is 35.5. The minimum Gasteiger partial charge on any atom is -0.366 e. The second-order valence-electron chi connectivity index (χ2n) is 5.32. The largest absolute Gasteiger partial charge is 0.366 e. The predicted octanol–water partition coefficient (Wildman–Crippen LogP) is 4.75. The van der Waals surface area contributed by atoms with E-state index in [-0.39, 0.29) is 6.04 Å². The number of halogens is 2. The molecule has 2 aromatic rings. The van der Waals surface area contributed by atoms with Gasteiger partial charge in [0, 0.05) is 29.3 Å². The van der Waals surface area contributed by atoms with E-state index in [1.54, 1.807) is 6.07 Å². The third-order valence-electron chi connectivity index (χ3n) is 3.74. The van der Waals surface area contributed by atoms with E-state index in [1.807, 2.05) is 19.2 Å². The number of nitrogens with two attached hydrogens (primary N) is 1. The number of nitrogens with zero attached hydrogens (tertiary/aromatic N) is 1. The first-order chi connectivity index (χ1) is 9.93. The van der Waals surface area contributed by atoms with Crippen LogP contribution in [0.2, 0.25) is 10.0 Å². The molecule has 0 radical (unpaired) electrons. The lowest BCUT2D eigenvalue weighted by molar-refractivity contribution is 0.679. The van der Waals surface area contributed by atoms with Crippen molar-refractivity contribution < 1.29 is 0 Å². The Hall–Kier alpha value is -1.22. The molecule has 1 unspecified atom stereocenters. The maximum Gasteiger partial charge on any atom is 0.0676 e. The normalized spacial score (nSPS) is 12.3. The summed E-state index contributed by atoms with van der Waals surface area (Å²) < 4.78 is 0. The van der Waals surface area contributed by atoms with E-state index in [0.717, 1.165) is 11.3 Å². The third-order valence-corrected chi connectivity index (χ3v) is 4.32. The molecule has 21 heavy (non-hydrogen) atoms. The summed E-state index contributed by atoms with van der Waals surface area (Å²) in [7, 11) is 2.03. The monoisotopic (exact) mass is 322 g/mol. The SMILES string of the molecule is Cc1ccc(N(C)C(CN)c2cc(Cl)ccc2Cl)c(C)c1. The van der Waals surface area contributed by atoms with Crippen LogP contribution < -0.4 is 10.6 Å². The molecule has 0 bridgehead atoms. The molecule has 0 aliphatic carbocycles.